The number of likely N-dealkylation sites (tertiary alicyclic amines) is 1. The standard InChI is InChI=1S/C16H21NO4/c1-2-11-10-17(6-5-13(11)18)16(19)12-3-4-14-15(9-12)21-8-7-20-14/h3-4,9,11,13,18H,2,5-8,10H2,1H3. The van der Waals surface area contributed by atoms with Gasteiger partial charge < -0.3 is 19.5 Å². The van der Waals surface area contributed by atoms with Crippen LogP contribution >= 0.6 is 0 Å². The molecule has 3 rings (SSSR count). The van der Waals surface area contributed by atoms with Crippen LogP contribution in [0.3, 0.4) is 0 Å². The van der Waals surface area contributed by atoms with Gasteiger partial charge in [-0.3, -0.25) is 4.79 Å². The molecular formula is C16H21NO4. The normalized spacial score (nSPS) is 24.8. The predicted octanol–water partition coefficient (Wildman–Crippen LogP) is 1.69. The zero-order chi connectivity index (χ0) is 14.8. The van der Waals surface area contributed by atoms with Crippen molar-refractivity contribution in [2.75, 3.05) is 26.3 Å². The Labute approximate surface area is 124 Å². The largest absolute Gasteiger partial charge is 0.486 e. The number of rotatable bonds is 2. The fourth-order valence-electron chi connectivity index (χ4n) is 2.96. The molecule has 2 aliphatic rings. The van der Waals surface area contributed by atoms with Gasteiger partial charge in [-0.05, 0) is 31.0 Å². The van der Waals surface area contributed by atoms with Crippen molar-refractivity contribution in [3.05, 3.63) is 23.8 Å². The van der Waals surface area contributed by atoms with E-state index < -0.39 is 0 Å². The number of hydrogen-bond acceptors (Lipinski definition) is 4. The summed E-state index contributed by atoms with van der Waals surface area (Å²) in [5.41, 5.74) is 0.616. The van der Waals surface area contributed by atoms with E-state index in [-0.39, 0.29) is 17.9 Å². The minimum absolute atomic E-state index is 0.00248. The van der Waals surface area contributed by atoms with E-state index in [4.69, 9.17) is 9.47 Å². The van der Waals surface area contributed by atoms with Crippen molar-refractivity contribution >= 4 is 5.91 Å². The fourth-order valence-corrected chi connectivity index (χ4v) is 2.96. The van der Waals surface area contributed by atoms with Crippen LogP contribution < -0.4 is 9.47 Å². The Kier molecular flexibility index (Phi) is 4.01. The summed E-state index contributed by atoms with van der Waals surface area (Å²) in [5.74, 6) is 1.49. The van der Waals surface area contributed by atoms with Crippen LogP contribution in [-0.4, -0.2) is 48.3 Å². The lowest BCUT2D eigenvalue weighted by Gasteiger charge is -2.36. The molecule has 5 heteroatoms. The molecule has 0 aromatic heterocycles. The molecule has 0 radical (unpaired) electrons. The van der Waals surface area contributed by atoms with Crippen LogP contribution in [0.2, 0.25) is 0 Å². The van der Waals surface area contributed by atoms with Gasteiger partial charge in [-0.25, -0.2) is 0 Å². The molecule has 1 aromatic carbocycles. The molecule has 5 nitrogen and oxygen atoms in total. The molecule has 2 heterocycles. The maximum atomic E-state index is 12.6. The number of carbonyl (C=O) groups excluding carboxylic acids is 1. The zero-order valence-electron chi connectivity index (χ0n) is 12.2. The van der Waals surface area contributed by atoms with Crippen LogP contribution in [0.5, 0.6) is 11.5 Å². The third kappa shape index (κ3) is 2.83. The monoisotopic (exact) mass is 291 g/mol. The van der Waals surface area contributed by atoms with Gasteiger partial charge in [-0.15, -0.1) is 0 Å². The Morgan fingerprint density at radius 1 is 1.33 bits per heavy atom. The summed E-state index contributed by atoms with van der Waals surface area (Å²) in [4.78, 5) is 14.4. The quantitative estimate of drug-likeness (QED) is 0.901. The molecule has 0 spiro atoms. The molecule has 2 atom stereocenters. The minimum atomic E-state index is -0.292. The topological polar surface area (TPSA) is 59.0 Å². The zero-order valence-corrected chi connectivity index (χ0v) is 12.2. The van der Waals surface area contributed by atoms with Crippen molar-refractivity contribution in [2.24, 2.45) is 5.92 Å². The Morgan fingerprint density at radius 2 is 2.10 bits per heavy atom. The first-order chi connectivity index (χ1) is 10.2. The Hall–Kier alpha value is -1.75. The highest BCUT2D eigenvalue weighted by Crippen LogP contribution is 2.31. The van der Waals surface area contributed by atoms with Gasteiger partial charge in [0.05, 0.1) is 6.10 Å². The minimum Gasteiger partial charge on any atom is -0.486 e. The third-order valence-electron chi connectivity index (χ3n) is 4.29. The summed E-state index contributed by atoms with van der Waals surface area (Å²) >= 11 is 0. The molecule has 0 bridgehead atoms. The summed E-state index contributed by atoms with van der Waals surface area (Å²) in [5, 5.41) is 9.92. The number of nitrogens with zero attached hydrogens (tertiary/aromatic N) is 1. The number of piperidine rings is 1. The summed E-state index contributed by atoms with van der Waals surface area (Å²) < 4.78 is 11.0. The highest BCUT2D eigenvalue weighted by molar-refractivity contribution is 5.95. The Bertz CT molecular complexity index is 531. The summed E-state index contributed by atoms with van der Waals surface area (Å²) in [6, 6.07) is 5.32. The van der Waals surface area contributed by atoms with Crippen LogP contribution in [0.4, 0.5) is 0 Å². The molecule has 0 saturated carbocycles. The second-order valence-corrected chi connectivity index (χ2v) is 5.63. The first-order valence-corrected chi connectivity index (χ1v) is 7.56. The number of amides is 1. The van der Waals surface area contributed by atoms with Gasteiger partial charge >= 0.3 is 0 Å². The van der Waals surface area contributed by atoms with Gasteiger partial charge in [-0.2, -0.15) is 0 Å². The van der Waals surface area contributed by atoms with Crippen molar-refractivity contribution in [1.82, 2.24) is 4.90 Å². The van der Waals surface area contributed by atoms with Crippen LogP contribution in [0.25, 0.3) is 0 Å². The number of benzene rings is 1. The second-order valence-electron chi connectivity index (χ2n) is 5.63. The molecular weight excluding hydrogens is 270 g/mol. The number of aliphatic hydroxyl groups excluding tert-OH is 1. The van der Waals surface area contributed by atoms with E-state index >= 15 is 0 Å². The lowest BCUT2D eigenvalue weighted by atomic mass is 9.92. The van der Waals surface area contributed by atoms with E-state index in [1.54, 1.807) is 18.2 Å². The lowest BCUT2D eigenvalue weighted by molar-refractivity contribution is 0.0228. The highest BCUT2D eigenvalue weighted by Gasteiger charge is 2.30. The van der Waals surface area contributed by atoms with Crippen LogP contribution in [-0.2, 0) is 0 Å². The van der Waals surface area contributed by atoms with E-state index in [1.807, 2.05) is 11.8 Å². The Morgan fingerprint density at radius 3 is 2.86 bits per heavy atom. The van der Waals surface area contributed by atoms with Gasteiger partial charge in [0, 0.05) is 24.6 Å². The van der Waals surface area contributed by atoms with E-state index in [0.29, 0.717) is 49.8 Å². The highest BCUT2D eigenvalue weighted by atomic mass is 16.6. The van der Waals surface area contributed by atoms with E-state index in [9.17, 15) is 9.90 Å². The van der Waals surface area contributed by atoms with Crippen molar-refractivity contribution < 1.29 is 19.4 Å². The van der Waals surface area contributed by atoms with Crippen LogP contribution in [0.1, 0.15) is 30.1 Å². The van der Waals surface area contributed by atoms with E-state index in [2.05, 4.69) is 0 Å². The lowest BCUT2D eigenvalue weighted by Crippen LogP contribution is -2.45. The molecule has 1 amide bonds. The number of carbonyl (C=O) groups is 1. The second kappa shape index (κ2) is 5.93. The number of fused-ring (bicyclic) bond motifs is 1. The molecule has 1 aromatic rings. The molecule has 2 unspecified atom stereocenters. The fraction of sp³-hybridized carbons (Fsp3) is 0.562. The molecule has 1 N–H and O–H groups in total. The van der Waals surface area contributed by atoms with Crippen LogP contribution in [0.15, 0.2) is 18.2 Å². The van der Waals surface area contributed by atoms with Gasteiger partial charge in [-0.1, -0.05) is 6.92 Å². The van der Waals surface area contributed by atoms with Gasteiger partial charge in [0.2, 0.25) is 0 Å². The number of aliphatic hydroxyl groups is 1. The Balaban J connectivity index is 1.76. The SMILES string of the molecule is CCC1CN(C(=O)c2ccc3c(c2)OCCO3)CCC1O. The van der Waals surface area contributed by atoms with Crippen molar-refractivity contribution in [3.63, 3.8) is 0 Å². The van der Waals surface area contributed by atoms with Crippen molar-refractivity contribution in [1.29, 1.82) is 0 Å². The first-order valence-electron chi connectivity index (χ1n) is 7.56. The average molecular weight is 291 g/mol. The summed E-state index contributed by atoms with van der Waals surface area (Å²) in [6.45, 7) is 4.32. The molecule has 114 valence electrons. The van der Waals surface area contributed by atoms with Gasteiger partial charge in [0.25, 0.3) is 5.91 Å². The van der Waals surface area contributed by atoms with E-state index in [1.165, 1.54) is 0 Å². The average Bonchev–Trinajstić information content (AvgIpc) is 2.54. The van der Waals surface area contributed by atoms with Crippen molar-refractivity contribution in [2.45, 2.75) is 25.9 Å². The summed E-state index contributed by atoms with van der Waals surface area (Å²) in [6.07, 6.45) is 1.24. The molecule has 0 aliphatic carbocycles. The smallest absolute Gasteiger partial charge is 0.254 e. The summed E-state index contributed by atoms with van der Waals surface area (Å²) in [7, 11) is 0. The molecule has 21 heavy (non-hydrogen) atoms. The molecule has 1 fully saturated rings. The van der Waals surface area contributed by atoms with Gasteiger partial charge in [0.15, 0.2) is 11.5 Å². The third-order valence-corrected chi connectivity index (χ3v) is 4.29. The van der Waals surface area contributed by atoms with E-state index in [0.717, 1.165) is 6.42 Å². The first kappa shape index (κ1) is 14.2. The number of ether oxygens (including phenoxy) is 2. The van der Waals surface area contributed by atoms with Crippen LogP contribution in [0, 0.1) is 5.92 Å². The van der Waals surface area contributed by atoms with Crippen molar-refractivity contribution in [3.8, 4) is 11.5 Å². The predicted molar refractivity (Wildman–Crippen MR) is 77.7 cm³/mol. The maximum Gasteiger partial charge on any atom is 0.254 e. The molecule has 2 aliphatic heterocycles. The maximum absolute atomic E-state index is 12.6. The van der Waals surface area contributed by atoms with Gasteiger partial charge in [0.1, 0.15) is 13.2 Å². The molecule has 1 saturated heterocycles. The number of hydrogen-bond donors (Lipinski definition) is 1.